The SMILES string of the molecule is COc1cccc(C(=O)NCc2cccc(N)c2C)c1O. The van der Waals surface area contributed by atoms with E-state index in [0.29, 0.717) is 12.2 Å². The van der Waals surface area contributed by atoms with Gasteiger partial charge in [-0.05, 0) is 36.2 Å². The number of para-hydroxylation sites is 1. The van der Waals surface area contributed by atoms with Crippen LogP contribution in [0.3, 0.4) is 0 Å². The molecule has 2 rings (SSSR count). The molecule has 0 aliphatic rings. The molecular formula is C16H18N2O3. The summed E-state index contributed by atoms with van der Waals surface area (Å²) in [6.07, 6.45) is 0. The van der Waals surface area contributed by atoms with E-state index in [1.165, 1.54) is 7.11 Å². The van der Waals surface area contributed by atoms with Crippen molar-refractivity contribution in [3.63, 3.8) is 0 Å². The molecule has 2 aromatic carbocycles. The summed E-state index contributed by atoms with van der Waals surface area (Å²) in [5, 5.41) is 12.7. The van der Waals surface area contributed by atoms with Crippen LogP contribution in [0.25, 0.3) is 0 Å². The van der Waals surface area contributed by atoms with Crippen LogP contribution in [0.15, 0.2) is 36.4 Å². The van der Waals surface area contributed by atoms with Crippen LogP contribution >= 0.6 is 0 Å². The first kappa shape index (κ1) is 14.7. The zero-order valence-corrected chi connectivity index (χ0v) is 12.0. The molecule has 4 N–H and O–H groups in total. The molecule has 0 aliphatic heterocycles. The summed E-state index contributed by atoms with van der Waals surface area (Å²) in [5.74, 6) is -0.266. The van der Waals surface area contributed by atoms with Crippen LogP contribution in [0.4, 0.5) is 5.69 Å². The van der Waals surface area contributed by atoms with Gasteiger partial charge in [-0.2, -0.15) is 0 Å². The van der Waals surface area contributed by atoms with Gasteiger partial charge in [0.05, 0.1) is 12.7 Å². The highest BCUT2D eigenvalue weighted by Crippen LogP contribution is 2.29. The fourth-order valence-corrected chi connectivity index (χ4v) is 2.04. The van der Waals surface area contributed by atoms with Crippen LogP contribution in [0.2, 0.25) is 0 Å². The van der Waals surface area contributed by atoms with E-state index in [0.717, 1.165) is 11.1 Å². The molecule has 0 atom stereocenters. The van der Waals surface area contributed by atoms with Crippen LogP contribution in [0, 0.1) is 6.92 Å². The van der Waals surface area contributed by atoms with Crippen molar-refractivity contribution in [3.8, 4) is 11.5 Å². The molecular weight excluding hydrogens is 268 g/mol. The Morgan fingerprint density at radius 1 is 1.29 bits per heavy atom. The predicted octanol–water partition coefficient (Wildman–Crippen LogP) is 2.22. The molecule has 5 heteroatoms. The number of hydrogen-bond donors (Lipinski definition) is 3. The van der Waals surface area contributed by atoms with Crippen molar-refractivity contribution in [1.29, 1.82) is 0 Å². The van der Waals surface area contributed by atoms with Crippen molar-refractivity contribution in [3.05, 3.63) is 53.1 Å². The molecule has 0 unspecified atom stereocenters. The third kappa shape index (κ3) is 3.08. The van der Waals surface area contributed by atoms with Gasteiger partial charge in [0.2, 0.25) is 0 Å². The molecule has 0 spiro atoms. The fourth-order valence-electron chi connectivity index (χ4n) is 2.04. The maximum atomic E-state index is 12.1. The number of phenols is 1. The molecule has 0 radical (unpaired) electrons. The number of methoxy groups -OCH3 is 1. The number of nitrogens with one attached hydrogen (secondary N) is 1. The first-order chi connectivity index (χ1) is 10.0. The Morgan fingerprint density at radius 3 is 2.71 bits per heavy atom. The van der Waals surface area contributed by atoms with E-state index in [1.807, 2.05) is 25.1 Å². The summed E-state index contributed by atoms with van der Waals surface area (Å²) >= 11 is 0. The van der Waals surface area contributed by atoms with Crippen LogP contribution in [0.5, 0.6) is 11.5 Å². The van der Waals surface area contributed by atoms with Gasteiger partial charge in [-0.25, -0.2) is 0 Å². The largest absolute Gasteiger partial charge is 0.504 e. The minimum Gasteiger partial charge on any atom is -0.504 e. The second-order valence-corrected chi connectivity index (χ2v) is 4.67. The quantitative estimate of drug-likeness (QED) is 0.752. The summed E-state index contributed by atoms with van der Waals surface area (Å²) in [5.41, 5.74) is 8.57. The Hall–Kier alpha value is -2.69. The molecule has 0 bridgehead atoms. The van der Waals surface area contributed by atoms with E-state index in [-0.39, 0.29) is 23.0 Å². The molecule has 0 aromatic heterocycles. The minimum absolute atomic E-state index is 0.165. The van der Waals surface area contributed by atoms with Crippen LogP contribution in [-0.2, 0) is 6.54 Å². The monoisotopic (exact) mass is 286 g/mol. The lowest BCUT2D eigenvalue weighted by atomic mass is 10.1. The second-order valence-electron chi connectivity index (χ2n) is 4.67. The Kier molecular flexibility index (Phi) is 4.33. The number of ether oxygens (including phenoxy) is 1. The van der Waals surface area contributed by atoms with Crippen LogP contribution < -0.4 is 15.8 Å². The molecule has 0 heterocycles. The minimum atomic E-state index is -0.367. The number of phenolic OH excluding ortho intramolecular Hbond substituents is 1. The Morgan fingerprint density at radius 2 is 2.00 bits per heavy atom. The van der Waals surface area contributed by atoms with Crippen molar-refractivity contribution in [2.75, 3.05) is 12.8 Å². The molecule has 0 saturated carbocycles. The van der Waals surface area contributed by atoms with Gasteiger partial charge in [0, 0.05) is 12.2 Å². The Balaban J connectivity index is 2.14. The lowest BCUT2D eigenvalue weighted by Crippen LogP contribution is -2.23. The highest BCUT2D eigenvalue weighted by Gasteiger charge is 2.14. The third-order valence-corrected chi connectivity index (χ3v) is 3.39. The number of aromatic hydroxyl groups is 1. The summed E-state index contributed by atoms with van der Waals surface area (Å²) in [6, 6.07) is 10.3. The smallest absolute Gasteiger partial charge is 0.255 e. The van der Waals surface area contributed by atoms with Crippen LogP contribution in [0.1, 0.15) is 21.5 Å². The van der Waals surface area contributed by atoms with E-state index < -0.39 is 0 Å². The summed E-state index contributed by atoms with van der Waals surface area (Å²) in [6.45, 7) is 2.24. The van der Waals surface area contributed by atoms with Crippen LogP contribution in [-0.4, -0.2) is 18.1 Å². The maximum Gasteiger partial charge on any atom is 0.255 e. The standard InChI is InChI=1S/C16H18N2O3/c1-10-11(5-3-7-13(10)17)9-18-16(20)12-6-4-8-14(21-2)15(12)19/h3-8,19H,9,17H2,1-2H3,(H,18,20). The fraction of sp³-hybridized carbons (Fsp3) is 0.188. The first-order valence-electron chi connectivity index (χ1n) is 6.52. The number of benzene rings is 2. The van der Waals surface area contributed by atoms with E-state index in [4.69, 9.17) is 10.5 Å². The second kappa shape index (κ2) is 6.17. The number of nitrogen functional groups attached to an aromatic ring is 1. The number of carbonyl (C=O) groups excluding carboxylic acids is 1. The highest BCUT2D eigenvalue weighted by molar-refractivity contribution is 5.97. The zero-order chi connectivity index (χ0) is 15.4. The number of rotatable bonds is 4. The summed E-state index contributed by atoms with van der Waals surface area (Å²) in [7, 11) is 1.44. The maximum absolute atomic E-state index is 12.1. The topological polar surface area (TPSA) is 84.6 Å². The van der Waals surface area contributed by atoms with Crippen molar-refractivity contribution in [2.45, 2.75) is 13.5 Å². The van der Waals surface area contributed by atoms with Gasteiger partial charge in [0.25, 0.3) is 5.91 Å². The number of carbonyl (C=O) groups is 1. The summed E-state index contributed by atoms with van der Waals surface area (Å²) < 4.78 is 4.99. The van der Waals surface area contributed by atoms with Gasteiger partial charge < -0.3 is 20.9 Å². The molecule has 0 saturated heterocycles. The molecule has 2 aromatic rings. The molecule has 0 fully saturated rings. The lowest BCUT2D eigenvalue weighted by molar-refractivity contribution is 0.0947. The Bertz CT molecular complexity index is 669. The van der Waals surface area contributed by atoms with Crippen molar-refractivity contribution >= 4 is 11.6 Å². The Labute approximate surface area is 123 Å². The van der Waals surface area contributed by atoms with Gasteiger partial charge >= 0.3 is 0 Å². The number of anilines is 1. The van der Waals surface area contributed by atoms with E-state index >= 15 is 0 Å². The van der Waals surface area contributed by atoms with Gasteiger partial charge in [-0.1, -0.05) is 18.2 Å². The van der Waals surface area contributed by atoms with Crippen molar-refractivity contribution in [1.82, 2.24) is 5.32 Å². The first-order valence-corrected chi connectivity index (χ1v) is 6.52. The molecule has 0 aliphatic carbocycles. The number of hydrogen-bond acceptors (Lipinski definition) is 4. The normalized spacial score (nSPS) is 10.2. The average Bonchev–Trinajstić information content (AvgIpc) is 2.48. The third-order valence-electron chi connectivity index (χ3n) is 3.39. The molecule has 21 heavy (non-hydrogen) atoms. The number of amides is 1. The van der Waals surface area contributed by atoms with Crippen molar-refractivity contribution in [2.24, 2.45) is 0 Å². The summed E-state index contributed by atoms with van der Waals surface area (Å²) in [4.78, 5) is 12.1. The van der Waals surface area contributed by atoms with Gasteiger partial charge in [-0.15, -0.1) is 0 Å². The molecule has 5 nitrogen and oxygen atoms in total. The van der Waals surface area contributed by atoms with E-state index in [9.17, 15) is 9.90 Å². The highest BCUT2D eigenvalue weighted by atomic mass is 16.5. The predicted molar refractivity (Wildman–Crippen MR) is 81.4 cm³/mol. The molecule has 110 valence electrons. The van der Waals surface area contributed by atoms with Gasteiger partial charge in [0.15, 0.2) is 11.5 Å². The molecule has 1 amide bonds. The zero-order valence-electron chi connectivity index (χ0n) is 12.0. The van der Waals surface area contributed by atoms with Gasteiger partial charge in [-0.3, -0.25) is 4.79 Å². The van der Waals surface area contributed by atoms with E-state index in [1.54, 1.807) is 18.2 Å². The van der Waals surface area contributed by atoms with E-state index in [2.05, 4.69) is 5.32 Å². The van der Waals surface area contributed by atoms with Gasteiger partial charge in [0.1, 0.15) is 0 Å². The number of nitrogens with two attached hydrogens (primary N) is 1. The van der Waals surface area contributed by atoms with Crippen molar-refractivity contribution < 1.29 is 14.6 Å². The lowest BCUT2D eigenvalue weighted by Gasteiger charge is -2.11. The average molecular weight is 286 g/mol.